The molecule has 0 amide bonds. The third-order valence-electron chi connectivity index (χ3n) is 4.38. The van der Waals surface area contributed by atoms with Gasteiger partial charge < -0.3 is 0 Å². The van der Waals surface area contributed by atoms with Gasteiger partial charge in [0.15, 0.2) is 0 Å². The quantitative estimate of drug-likeness (QED) is 0.586. The van der Waals surface area contributed by atoms with Gasteiger partial charge in [0.1, 0.15) is 0 Å². The van der Waals surface area contributed by atoms with Crippen LogP contribution in [0, 0.1) is 13.8 Å². The maximum Gasteiger partial charge on any atom is 0.210 e. The molecule has 24 heavy (non-hydrogen) atoms. The van der Waals surface area contributed by atoms with Crippen LogP contribution < -0.4 is 0 Å². The Labute approximate surface area is 145 Å². The van der Waals surface area contributed by atoms with Crippen LogP contribution in [-0.4, -0.2) is 11.4 Å². The van der Waals surface area contributed by atoms with E-state index in [1.807, 2.05) is 61.5 Å². The first kappa shape index (κ1) is 16.5. The van der Waals surface area contributed by atoms with Crippen molar-refractivity contribution in [3.05, 3.63) is 102 Å². The minimum absolute atomic E-state index is 0.186. The summed E-state index contributed by atoms with van der Waals surface area (Å²) in [5.74, 6) is 0. The summed E-state index contributed by atoms with van der Waals surface area (Å²) in [6.07, 6.45) is 2.09. The molecule has 0 bridgehead atoms. The number of aryl methyl sites for hydroxylation is 1. The molecule has 3 rings (SSSR count). The molecule has 1 atom stereocenters. The molecule has 3 aromatic rings. The van der Waals surface area contributed by atoms with Gasteiger partial charge in [-0.1, -0.05) is 54.6 Å². The molecule has 1 unspecified atom stereocenters. The van der Waals surface area contributed by atoms with Crippen molar-refractivity contribution in [3.63, 3.8) is 0 Å². The van der Waals surface area contributed by atoms with E-state index < -0.39 is 10.0 Å². The van der Waals surface area contributed by atoms with Crippen LogP contribution in [0.2, 0.25) is 0 Å². The van der Waals surface area contributed by atoms with Crippen molar-refractivity contribution in [2.45, 2.75) is 16.7 Å². The maximum atomic E-state index is 13.5. The molecule has 0 aliphatic heterocycles. The SMILES string of the molecule is [CH2]c1ccc(S(C)(C(=O)c2ccccc2)c2ccccc2)cc1C. The summed E-state index contributed by atoms with van der Waals surface area (Å²) < 4.78 is 0. The van der Waals surface area contributed by atoms with E-state index in [0.29, 0.717) is 0 Å². The summed E-state index contributed by atoms with van der Waals surface area (Å²) in [6, 6.07) is 25.9. The van der Waals surface area contributed by atoms with Gasteiger partial charge in [0.2, 0.25) is 5.12 Å². The van der Waals surface area contributed by atoms with E-state index in [4.69, 9.17) is 0 Å². The zero-order valence-corrected chi connectivity index (χ0v) is 14.8. The predicted octanol–water partition coefficient (Wildman–Crippen LogP) is 5.87. The highest BCUT2D eigenvalue weighted by molar-refractivity contribution is 8.45. The number of benzene rings is 3. The van der Waals surface area contributed by atoms with Crippen LogP contribution >= 0.6 is 10.0 Å². The van der Waals surface area contributed by atoms with Crippen LogP contribution in [-0.2, 0) is 0 Å². The topological polar surface area (TPSA) is 17.1 Å². The second-order valence-electron chi connectivity index (χ2n) is 5.97. The molecule has 0 aliphatic rings. The van der Waals surface area contributed by atoms with Crippen LogP contribution in [0.4, 0.5) is 0 Å². The third-order valence-corrected chi connectivity index (χ3v) is 7.77. The van der Waals surface area contributed by atoms with Crippen LogP contribution in [0.5, 0.6) is 0 Å². The van der Waals surface area contributed by atoms with Gasteiger partial charge in [-0.25, -0.2) is 0 Å². The van der Waals surface area contributed by atoms with Crippen molar-refractivity contribution in [1.29, 1.82) is 0 Å². The Morgan fingerprint density at radius 2 is 1.42 bits per heavy atom. The van der Waals surface area contributed by atoms with E-state index in [1.165, 1.54) is 0 Å². The fourth-order valence-electron chi connectivity index (χ4n) is 2.78. The molecule has 0 N–H and O–H groups in total. The van der Waals surface area contributed by atoms with Crippen LogP contribution in [0.15, 0.2) is 88.7 Å². The van der Waals surface area contributed by atoms with Gasteiger partial charge in [0.05, 0.1) is 0 Å². The van der Waals surface area contributed by atoms with E-state index in [2.05, 4.69) is 37.4 Å². The first-order valence-electron chi connectivity index (χ1n) is 7.89. The number of carbonyl (C=O) groups excluding carboxylic acids is 1. The van der Waals surface area contributed by atoms with Crippen molar-refractivity contribution in [2.75, 3.05) is 6.26 Å². The first-order chi connectivity index (χ1) is 11.5. The molecular formula is C22H21OS. The molecule has 0 saturated carbocycles. The van der Waals surface area contributed by atoms with E-state index in [9.17, 15) is 4.79 Å². The largest absolute Gasteiger partial charge is 0.283 e. The lowest BCUT2D eigenvalue weighted by Crippen LogP contribution is -2.13. The lowest BCUT2D eigenvalue weighted by atomic mass is 10.1. The first-order valence-corrected chi connectivity index (χ1v) is 9.93. The molecule has 3 aromatic carbocycles. The summed E-state index contributed by atoms with van der Waals surface area (Å²) in [7, 11) is -1.83. The molecule has 0 aliphatic carbocycles. The number of hydrogen-bond acceptors (Lipinski definition) is 1. The highest BCUT2D eigenvalue weighted by Crippen LogP contribution is 2.61. The Morgan fingerprint density at radius 3 is 2.00 bits per heavy atom. The monoisotopic (exact) mass is 333 g/mol. The number of carbonyl (C=O) groups is 1. The maximum absolute atomic E-state index is 13.5. The minimum Gasteiger partial charge on any atom is -0.283 e. The normalized spacial score (nSPS) is 14.6. The van der Waals surface area contributed by atoms with Crippen molar-refractivity contribution in [1.82, 2.24) is 0 Å². The number of rotatable bonds is 3. The van der Waals surface area contributed by atoms with Crippen LogP contribution in [0.25, 0.3) is 0 Å². The summed E-state index contributed by atoms with van der Waals surface area (Å²) in [5.41, 5.74) is 2.87. The smallest absolute Gasteiger partial charge is 0.210 e. The molecule has 1 radical (unpaired) electrons. The average Bonchev–Trinajstić information content (AvgIpc) is 2.64. The predicted molar refractivity (Wildman–Crippen MR) is 103 cm³/mol. The minimum atomic E-state index is -1.83. The van der Waals surface area contributed by atoms with Gasteiger partial charge in [-0.2, -0.15) is 0 Å². The van der Waals surface area contributed by atoms with Crippen molar-refractivity contribution in [3.8, 4) is 0 Å². The Hall–Kier alpha value is -2.32. The van der Waals surface area contributed by atoms with E-state index in [1.54, 1.807) is 0 Å². The molecule has 0 spiro atoms. The Kier molecular flexibility index (Phi) is 4.59. The molecule has 0 fully saturated rings. The Balaban J connectivity index is 2.21. The van der Waals surface area contributed by atoms with Crippen LogP contribution in [0.1, 0.15) is 21.5 Å². The molecule has 0 saturated heterocycles. The third kappa shape index (κ3) is 2.90. The van der Waals surface area contributed by atoms with E-state index in [-0.39, 0.29) is 5.12 Å². The Bertz CT molecular complexity index is 856. The van der Waals surface area contributed by atoms with Crippen molar-refractivity contribution in [2.24, 2.45) is 0 Å². The molecular weight excluding hydrogens is 312 g/mol. The zero-order chi connectivity index (χ0) is 17.2. The highest BCUT2D eigenvalue weighted by Gasteiger charge is 2.32. The average molecular weight is 333 g/mol. The zero-order valence-electron chi connectivity index (χ0n) is 14.0. The summed E-state index contributed by atoms with van der Waals surface area (Å²) in [6.45, 7) is 6.09. The lowest BCUT2D eigenvalue weighted by Gasteiger charge is -2.35. The molecule has 0 aromatic heterocycles. The van der Waals surface area contributed by atoms with Gasteiger partial charge in [0.25, 0.3) is 0 Å². The highest BCUT2D eigenvalue weighted by atomic mass is 32.3. The molecule has 0 heterocycles. The summed E-state index contributed by atoms with van der Waals surface area (Å²) in [5, 5.41) is 0.186. The second kappa shape index (κ2) is 6.66. The molecule has 121 valence electrons. The van der Waals surface area contributed by atoms with Gasteiger partial charge in [-0.05, 0) is 55.5 Å². The molecule has 2 heteroatoms. The summed E-state index contributed by atoms with van der Waals surface area (Å²) in [4.78, 5) is 15.6. The fourth-order valence-corrected chi connectivity index (χ4v) is 5.54. The van der Waals surface area contributed by atoms with Crippen LogP contribution in [0.3, 0.4) is 0 Å². The van der Waals surface area contributed by atoms with E-state index in [0.717, 1.165) is 26.5 Å². The summed E-state index contributed by atoms with van der Waals surface area (Å²) >= 11 is 0. The van der Waals surface area contributed by atoms with Gasteiger partial charge in [0, 0.05) is 15.4 Å². The van der Waals surface area contributed by atoms with Gasteiger partial charge >= 0.3 is 0 Å². The van der Waals surface area contributed by atoms with Gasteiger partial charge in [-0.3, -0.25) is 4.79 Å². The van der Waals surface area contributed by atoms with Gasteiger partial charge in [-0.15, -0.1) is 10.0 Å². The second-order valence-corrected chi connectivity index (χ2v) is 9.12. The van der Waals surface area contributed by atoms with Crippen molar-refractivity contribution < 1.29 is 4.79 Å². The van der Waals surface area contributed by atoms with E-state index >= 15 is 0 Å². The lowest BCUT2D eigenvalue weighted by molar-refractivity contribution is 0.108. The number of hydrogen-bond donors (Lipinski definition) is 0. The fraction of sp³-hybridized carbons (Fsp3) is 0.0909. The van der Waals surface area contributed by atoms with Crippen molar-refractivity contribution >= 4 is 15.1 Å². The standard InChI is InChI=1S/C22H21OS/c1-17-14-15-21(16-18(17)2)24(3,20-12-8-5-9-13-20)22(23)19-10-6-4-7-11-19/h4-16H,1H2,2-3H3. The Morgan fingerprint density at radius 1 is 0.833 bits per heavy atom. The molecule has 1 nitrogen and oxygen atoms in total.